The first-order chi connectivity index (χ1) is 7.25. The Balaban J connectivity index is 2.79. The number of carboxylic acids is 1. The van der Waals surface area contributed by atoms with Crippen LogP contribution >= 0.6 is 31.9 Å². The van der Waals surface area contributed by atoms with Crippen LogP contribution in [0.3, 0.4) is 0 Å². The molecular weight excluding hydrogens is 342 g/mol. The number of nitrogens with two attached hydrogens (primary N) is 1. The number of imidazole rings is 1. The molecule has 0 saturated heterocycles. The monoisotopic (exact) mass is 353 g/mol. The first-order valence-corrected chi connectivity index (χ1v) is 6.24. The topological polar surface area (TPSA) is 81.1 Å². The van der Waals surface area contributed by atoms with Gasteiger partial charge in [-0.05, 0) is 52.1 Å². The Hall–Kier alpha value is -0.400. The molecule has 0 bridgehead atoms. The average Bonchev–Trinajstić information content (AvgIpc) is 2.39. The van der Waals surface area contributed by atoms with E-state index in [1.54, 1.807) is 0 Å². The van der Waals surface area contributed by atoms with Crippen LogP contribution in [0.1, 0.15) is 19.2 Å². The number of hydrogen-bond donors (Lipinski definition) is 2. The lowest BCUT2D eigenvalue weighted by Gasteiger charge is -2.19. The third-order valence-electron chi connectivity index (χ3n) is 2.40. The van der Waals surface area contributed by atoms with E-state index in [1.165, 1.54) is 6.92 Å². The molecule has 7 heteroatoms. The van der Waals surface area contributed by atoms with Crippen LogP contribution in [0, 0.1) is 6.92 Å². The number of nitrogens with zero attached hydrogens (tertiary/aromatic N) is 2. The zero-order chi connectivity index (χ0) is 12.5. The van der Waals surface area contributed by atoms with E-state index in [9.17, 15) is 4.79 Å². The molecule has 3 N–H and O–H groups in total. The number of rotatable bonds is 4. The fourth-order valence-corrected chi connectivity index (χ4v) is 2.21. The van der Waals surface area contributed by atoms with Gasteiger partial charge in [0.25, 0.3) is 0 Å². The van der Waals surface area contributed by atoms with Crippen molar-refractivity contribution < 1.29 is 9.90 Å². The molecule has 16 heavy (non-hydrogen) atoms. The minimum atomic E-state index is -1.22. The highest BCUT2D eigenvalue weighted by molar-refractivity contribution is 9.13. The fraction of sp³-hybridized carbons (Fsp3) is 0.556. The molecule has 0 saturated carbocycles. The standard InChI is InChI=1S/C9H13Br2N3O2/c1-5-13-6(10)7(11)14(5)4-3-9(2,12)8(15)16/h3-4,12H2,1-2H3,(H,15,16). The molecule has 0 aliphatic heterocycles. The van der Waals surface area contributed by atoms with Crippen LogP contribution in [0.15, 0.2) is 9.21 Å². The van der Waals surface area contributed by atoms with Gasteiger partial charge in [-0.15, -0.1) is 0 Å². The smallest absolute Gasteiger partial charge is 0.323 e. The molecule has 0 amide bonds. The van der Waals surface area contributed by atoms with Crippen molar-refractivity contribution in [1.29, 1.82) is 0 Å². The van der Waals surface area contributed by atoms with E-state index in [-0.39, 0.29) is 0 Å². The molecule has 1 aromatic rings. The normalized spacial score (nSPS) is 14.8. The summed E-state index contributed by atoms with van der Waals surface area (Å²) in [6.45, 7) is 3.86. The van der Waals surface area contributed by atoms with E-state index in [0.29, 0.717) is 17.6 Å². The Morgan fingerprint density at radius 2 is 2.19 bits per heavy atom. The lowest BCUT2D eigenvalue weighted by Crippen LogP contribution is -2.45. The maximum Gasteiger partial charge on any atom is 0.323 e. The van der Waals surface area contributed by atoms with Crippen LogP contribution in [-0.4, -0.2) is 26.2 Å². The number of carboxylic acid groups (broad SMARTS) is 1. The van der Waals surface area contributed by atoms with Crippen molar-refractivity contribution in [2.45, 2.75) is 32.4 Å². The molecule has 90 valence electrons. The van der Waals surface area contributed by atoms with E-state index in [4.69, 9.17) is 10.8 Å². The third kappa shape index (κ3) is 2.83. The van der Waals surface area contributed by atoms with E-state index >= 15 is 0 Å². The van der Waals surface area contributed by atoms with Crippen molar-refractivity contribution in [3.8, 4) is 0 Å². The number of aromatic nitrogens is 2. The summed E-state index contributed by atoms with van der Waals surface area (Å²) in [5.74, 6) is -0.194. The third-order valence-corrected chi connectivity index (χ3v) is 4.29. The number of aliphatic carboxylic acids is 1. The van der Waals surface area contributed by atoms with Gasteiger partial charge in [-0.1, -0.05) is 0 Å². The maximum atomic E-state index is 10.8. The first kappa shape index (κ1) is 13.7. The second-order valence-electron chi connectivity index (χ2n) is 3.86. The van der Waals surface area contributed by atoms with Gasteiger partial charge in [0.1, 0.15) is 20.6 Å². The van der Waals surface area contributed by atoms with E-state index in [0.717, 1.165) is 10.4 Å². The number of aryl methyl sites for hydroxylation is 1. The minimum Gasteiger partial charge on any atom is -0.480 e. The van der Waals surface area contributed by atoms with Crippen LogP contribution in [0.4, 0.5) is 0 Å². The summed E-state index contributed by atoms with van der Waals surface area (Å²) in [5.41, 5.74) is 4.43. The van der Waals surface area contributed by atoms with Crippen LogP contribution in [0.25, 0.3) is 0 Å². The Morgan fingerprint density at radius 1 is 1.62 bits per heavy atom. The van der Waals surface area contributed by atoms with Crippen LogP contribution in [0.5, 0.6) is 0 Å². The average molecular weight is 355 g/mol. The zero-order valence-electron chi connectivity index (χ0n) is 9.00. The molecule has 1 unspecified atom stereocenters. The highest BCUT2D eigenvalue weighted by atomic mass is 79.9. The van der Waals surface area contributed by atoms with Crippen LogP contribution in [-0.2, 0) is 11.3 Å². The molecule has 0 fully saturated rings. The fourth-order valence-electron chi connectivity index (χ4n) is 1.21. The van der Waals surface area contributed by atoms with Gasteiger partial charge in [-0.25, -0.2) is 4.98 Å². The van der Waals surface area contributed by atoms with E-state index < -0.39 is 11.5 Å². The Bertz CT molecular complexity index is 415. The van der Waals surface area contributed by atoms with Gasteiger partial charge in [0, 0.05) is 6.54 Å². The SMILES string of the molecule is Cc1nc(Br)c(Br)n1CCC(C)(N)C(=O)O. The van der Waals surface area contributed by atoms with Crippen molar-refractivity contribution >= 4 is 37.8 Å². The summed E-state index contributed by atoms with van der Waals surface area (Å²) < 4.78 is 3.38. The molecule has 0 aromatic carbocycles. The van der Waals surface area contributed by atoms with Crippen LogP contribution in [0.2, 0.25) is 0 Å². The molecule has 1 aromatic heterocycles. The summed E-state index contributed by atoms with van der Waals surface area (Å²) in [6, 6.07) is 0. The summed E-state index contributed by atoms with van der Waals surface area (Å²) >= 11 is 6.66. The molecule has 0 aliphatic rings. The van der Waals surface area contributed by atoms with E-state index in [1.807, 2.05) is 11.5 Å². The Kier molecular flexibility index (Phi) is 4.14. The summed E-state index contributed by atoms with van der Waals surface area (Å²) in [6.07, 6.45) is 0.338. The van der Waals surface area contributed by atoms with E-state index in [2.05, 4.69) is 36.8 Å². The van der Waals surface area contributed by atoms with Gasteiger partial charge >= 0.3 is 5.97 Å². The molecule has 0 radical (unpaired) electrons. The molecule has 1 atom stereocenters. The minimum absolute atomic E-state index is 0.338. The van der Waals surface area contributed by atoms with Gasteiger partial charge in [0.15, 0.2) is 0 Å². The molecule has 5 nitrogen and oxygen atoms in total. The number of hydrogen-bond acceptors (Lipinski definition) is 3. The first-order valence-electron chi connectivity index (χ1n) is 4.66. The molecule has 1 rings (SSSR count). The lowest BCUT2D eigenvalue weighted by atomic mass is 10.00. The van der Waals surface area contributed by atoms with Gasteiger partial charge in [0.2, 0.25) is 0 Å². The number of halogens is 2. The lowest BCUT2D eigenvalue weighted by molar-refractivity contribution is -0.143. The largest absolute Gasteiger partial charge is 0.480 e. The summed E-state index contributed by atoms with van der Waals surface area (Å²) in [7, 11) is 0. The zero-order valence-corrected chi connectivity index (χ0v) is 12.2. The molecule has 0 spiro atoms. The molecule has 1 heterocycles. The van der Waals surface area contributed by atoms with Gasteiger partial charge in [-0.3, -0.25) is 4.79 Å². The summed E-state index contributed by atoms with van der Waals surface area (Å²) in [5, 5.41) is 8.89. The molecular formula is C9H13Br2N3O2. The Labute approximate surface area is 110 Å². The van der Waals surface area contributed by atoms with Crippen molar-refractivity contribution in [3.05, 3.63) is 15.0 Å². The van der Waals surface area contributed by atoms with Gasteiger partial charge < -0.3 is 15.4 Å². The number of carbonyl (C=O) groups is 1. The Morgan fingerprint density at radius 3 is 2.56 bits per heavy atom. The highest BCUT2D eigenvalue weighted by Crippen LogP contribution is 2.24. The van der Waals surface area contributed by atoms with Gasteiger partial charge in [0.05, 0.1) is 0 Å². The van der Waals surface area contributed by atoms with Gasteiger partial charge in [-0.2, -0.15) is 0 Å². The maximum absolute atomic E-state index is 10.8. The predicted molar refractivity (Wildman–Crippen MR) is 67.2 cm³/mol. The van der Waals surface area contributed by atoms with Crippen molar-refractivity contribution in [1.82, 2.24) is 9.55 Å². The van der Waals surface area contributed by atoms with Crippen LogP contribution < -0.4 is 5.73 Å². The quantitative estimate of drug-likeness (QED) is 0.865. The van der Waals surface area contributed by atoms with Crippen molar-refractivity contribution in [2.75, 3.05) is 0 Å². The molecule has 0 aliphatic carbocycles. The van der Waals surface area contributed by atoms with Crippen molar-refractivity contribution in [2.24, 2.45) is 5.73 Å². The highest BCUT2D eigenvalue weighted by Gasteiger charge is 2.28. The second-order valence-corrected chi connectivity index (χ2v) is 5.37. The summed E-state index contributed by atoms with van der Waals surface area (Å²) in [4.78, 5) is 15.0. The van der Waals surface area contributed by atoms with Crippen molar-refractivity contribution in [3.63, 3.8) is 0 Å². The second kappa shape index (κ2) is 4.85. The predicted octanol–water partition coefficient (Wildman–Crippen LogP) is 1.91.